The maximum absolute atomic E-state index is 6.87. The summed E-state index contributed by atoms with van der Waals surface area (Å²) in [6.45, 7) is 0. The molecule has 0 radical (unpaired) electrons. The van der Waals surface area contributed by atoms with Crippen LogP contribution in [0.25, 0.3) is 0 Å². The second-order valence-electron chi connectivity index (χ2n) is 2.72. The van der Waals surface area contributed by atoms with Crippen LogP contribution >= 0.6 is 15.9 Å². The van der Waals surface area contributed by atoms with E-state index in [2.05, 4.69) is 40.2 Å². The Bertz CT molecular complexity index is 241. The Labute approximate surface area is 81.4 Å². The average molecular weight is 226 g/mol. The second kappa shape index (κ2) is 5.09. The lowest BCUT2D eigenvalue weighted by Crippen LogP contribution is -1.84. The van der Waals surface area contributed by atoms with Crippen molar-refractivity contribution in [3.8, 4) is 0 Å². The van der Waals surface area contributed by atoms with Gasteiger partial charge >= 0.3 is 0 Å². The van der Waals surface area contributed by atoms with Crippen molar-refractivity contribution in [2.75, 3.05) is 0 Å². The molecular formula is C10H12BrN. The van der Waals surface area contributed by atoms with E-state index in [1.807, 2.05) is 0 Å². The predicted octanol–water partition coefficient (Wildman–Crippen LogP) is 3.42. The van der Waals surface area contributed by atoms with Gasteiger partial charge in [0, 0.05) is 4.47 Å². The summed E-state index contributed by atoms with van der Waals surface area (Å²) in [7, 11) is 0. The third-order valence-corrected chi connectivity index (χ3v) is 2.26. The summed E-state index contributed by atoms with van der Waals surface area (Å²) in [6, 6.07) is 8.35. The fourth-order valence-corrected chi connectivity index (χ4v) is 1.32. The van der Waals surface area contributed by atoms with E-state index >= 15 is 0 Å². The van der Waals surface area contributed by atoms with Gasteiger partial charge in [-0.25, -0.2) is 0 Å². The molecule has 1 rings (SSSR count). The molecule has 1 N–H and O–H groups in total. The molecule has 0 aliphatic carbocycles. The Hall–Kier alpha value is -0.630. The molecular weight excluding hydrogens is 214 g/mol. The largest absolute Gasteiger partial charge is 0.313 e. The Morgan fingerprint density at radius 2 is 1.92 bits per heavy atom. The number of benzene rings is 1. The smallest absolute Gasteiger partial charge is 0.0175 e. The highest BCUT2D eigenvalue weighted by Crippen LogP contribution is 2.11. The first-order valence-electron chi connectivity index (χ1n) is 4.06. The molecule has 0 saturated heterocycles. The molecule has 0 bridgehead atoms. The summed E-state index contributed by atoms with van der Waals surface area (Å²) in [5, 5.41) is 6.87. The standard InChI is InChI=1S/C10H12BrN/c11-10-6-4-9(5-7-10)3-1-2-8-12/h4-8,12H,1-3H2. The molecule has 0 heterocycles. The topological polar surface area (TPSA) is 23.9 Å². The molecule has 0 amide bonds. The average Bonchev–Trinajstić information content (AvgIpc) is 2.09. The monoisotopic (exact) mass is 225 g/mol. The minimum Gasteiger partial charge on any atom is -0.313 e. The van der Waals surface area contributed by atoms with Crippen LogP contribution in [0, 0.1) is 5.41 Å². The molecule has 0 aliphatic heterocycles. The van der Waals surface area contributed by atoms with Gasteiger partial charge in [0.15, 0.2) is 0 Å². The van der Waals surface area contributed by atoms with Gasteiger partial charge in [-0.2, -0.15) is 0 Å². The number of halogens is 1. The first kappa shape index (κ1) is 9.46. The fraction of sp³-hybridized carbons (Fsp3) is 0.300. The van der Waals surface area contributed by atoms with Gasteiger partial charge in [0.25, 0.3) is 0 Å². The van der Waals surface area contributed by atoms with E-state index in [1.54, 1.807) is 0 Å². The Kier molecular flexibility index (Phi) is 4.01. The molecule has 0 aromatic heterocycles. The number of hydrogen-bond donors (Lipinski definition) is 1. The van der Waals surface area contributed by atoms with Crippen LogP contribution in [0.1, 0.15) is 18.4 Å². The summed E-state index contributed by atoms with van der Waals surface area (Å²) in [5.74, 6) is 0. The lowest BCUT2D eigenvalue weighted by Gasteiger charge is -1.98. The van der Waals surface area contributed by atoms with Gasteiger partial charge in [-0.3, -0.25) is 0 Å². The van der Waals surface area contributed by atoms with Gasteiger partial charge in [0.1, 0.15) is 0 Å². The summed E-state index contributed by atoms with van der Waals surface area (Å²) in [4.78, 5) is 0. The molecule has 12 heavy (non-hydrogen) atoms. The summed E-state index contributed by atoms with van der Waals surface area (Å²) in [5.41, 5.74) is 1.35. The van der Waals surface area contributed by atoms with Gasteiger partial charge < -0.3 is 5.41 Å². The molecule has 1 aromatic carbocycles. The second-order valence-corrected chi connectivity index (χ2v) is 3.64. The highest BCUT2D eigenvalue weighted by Gasteiger charge is 1.91. The fourth-order valence-electron chi connectivity index (χ4n) is 1.06. The highest BCUT2D eigenvalue weighted by atomic mass is 79.9. The number of hydrogen-bond acceptors (Lipinski definition) is 1. The van der Waals surface area contributed by atoms with Crippen molar-refractivity contribution in [3.05, 3.63) is 34.3 Å². The number of unbranched alkanes of at least 4 members (excludes halogenated alkanes) is 1. The summed E-state index contributed by atoms with van der Waals surface area (Å²) in [6.07, 6.45) is 4.50. The number of rotatable bonds is 4. The van der Waals surface area contributed by atoms with Gasteiger partial charge in [-0.15, -0.1) is 0 Å². The van der Waals surface area contributed by atoms with Crippen LogP contribution in [0.4, 0.5) is 0 Å². The van der Waals surface area contributed by atoms with Crippen LogP contribution in [-0.2, 0) is 6.42 Å². The third-order valence-electron chi connectivity index (χ3n) is 1.73. The minimum atomic E-state index is 0.885. The zero-order valence-electron chi connectivity index (χ0n) is 6.89. The van der Waals surface area contributed by atoms with Crippen molar-refractivity contribution < 1.29 is 0 Å². The summed E-state index contributed by atoms with van der Waals surface area (Å²) >= 11 is 3.39. The van der Waals surface area contributed by atoms with Crippen LogP contribution in [0.5, 0.6) is 0 Å². The van der Waals surface area contributed by atoms with Crippen molar-refractivity contribution in [2.24, 2.45) is 0 Å². The van der Waals surface area contributed by atoms with E-state index in [0.717, 1.165) is 23.7 Å². The van der Waals surface area contributed by atoms with E-state index in [0.29, 0.717) is 0 Å². The molecule has 1 nitrogen and oxygen atoms in total. The number of nitrogens with one attached hydrogen (secondary N) is 1. The quantitative estimate of drug-likeness (QED) is 0.600. The van der Waals surface area contributed by atoms with E-state index in [9.17, 15) is 0 Å². The first-order valence-corrected chi connectivity index (χ1v) is 4.85. The van der Waals surface area contributed by atoms with E-state index in [-0.39, 0.29) is 0 Å². The lowest BCUT2D eigenvalue weighted by atomic mass is 10.1. The summed E-state index contributed by atoms with van der Waals surface area (Å²) < 4.78 is 1.12. The molecule has 2 heteroatoms. The van der Waals surface area contributed by atoms with Crippen LogP contribution in [0.2, 0.25) is 0 Å². The number of aryl methyl sites for hydroxylation is 1. The third kappa shape index (κ3) is 3.18. The Morgan fingerprint density at radius 1 is 1.25 bits per heavy atom. The van der Waals surface area contributed by atoms with E-state index in [1.165, 1.54) is 11.8 Å². The van der Waals surface area contributed by atoms with Crippen molar-refractivity contribution in [1.29, 1.82) is 5.41 Å². The van der Waals surface area contributed by atoms with Gasteiger partial charge in [0.2, 0.25) is 0 Å². The maximum Gasteiger partial charge on any atom is 0.0175 e. The predicted molar refractivity (Wildman–Crippen MR) is 55.9 cm³/mol. The Morgan fingerprint density at radius 3 is 2.50 bits per heavy atom. The zero-order valence-corrected chi connectivity index (χ0v) is 8.47. The first-order chi connectivity index (χ1) is 5.83. The van der Waals surface area contributed by atoms with Crippen LogP contribution < -0.4 is 0 Å². The van der Waals surface area contributed by atoms with Crippen molar-refractivity contribution in [3.63, 3.8) is 0 Å². The molecule has 0 saturated carbocycles. The maximum atomic E-state index is 6.87. The van der Waals surface area contributed by atoms with Gasteiger partial charge in [0.05, 0.1) is 0 Å². The zero-order chi connectivity index (χ0) is 8.81. The highest BCUT2D eigenvalue weighted by molar-refractivity contribution is 9.10. The van der Waals surface area contributed by atoms with Crippen LogP contribution in [0.3, 0.4) is 0 Å². The molecule has 0 unspecified atom stereocenters. The lowest BCUT2D eigenvalue weighted by molar-refractivity contribution is 0.871. The van der Waals surface area contributed by atoms with Crippen LogP contribution in [-0.4, -0.2) is 6.21 Å². The minimum absolute atomic E-state index is 0.885. The van der Waals surface area contributed by atoms with Crippen molar-refractivity contribution in [2.45, 2.75) is 19.3 Å². The SMILES string of the molecule is N=CCCCc1ccc(Br)cc1. The molecule has 0 spiro atoms. The van der Waals surface area contributed by atoms with Crippen LogP contribution in [0.15, 0.2) is 28.7 Å². The molecule has 0 fully saturated rings. The molecule has 0 atom stereocenters. The normalized spacial score (nSPS) is 9.75. The van der Waals surface area contributed by atoms with E-state index < -0.39 is 0 Å². The molecule has 1 aromatic rings. The van der Waals surface area contributed by atoms with Gasteiger partial charge in [-0.1, -0.05) is 28.1 Å². The van der Waals surface area contributed by atoms with Crippen molar-refractivity contribution in [1.82, 2.24) is 0 Å². The van der Waals surface area contributed by atoms with Gasteiger partial charge in [-0.05, 0) is 43.2 Å². The molecule has 0 aliphatic rings. The van der Waals surface area contributed by atoms with Crippen molar-refractivity contribution >= 4 is 22.1 Å². The Balaban J connectivity index is 2.42. The van der Waals surface area contributed by atoms with E-state index in [4.69, 9.17) is 5.41 Å². The molecule has 64 valence electrons.